The Bertz CT molecular complexity index is 1460. The number of carbonyl (C=O) groups excluding carboxylic acids is 2. The average Bonchev–Trinajstić information content (AvgIpc) is 3.48. The standard InChI is InChI=1S/C25H30N4O7S2/c1-14(2)36-18(20-17(34-7)9-8-10-26-20)13-28-24-19(15(3)21(37-24)22-27-11-12-35-22)23(31)29(38(28,32)33)25(5,6)16(4)30/h8-12,14,18H,13H2,1-7H3/t18-/m0/s1. The average molecular weight is 563 g/mol. The van der Waals surface area contributed by atoms with Gasteiger partial charge in [0.2, 0.25) is 5.89 Å². The number of nitrogens with zero attached hydrogens (tertiary/aromatic N) is 4. The second kappa shape index (κ2) is 10.1. The van der Waals surface area contributed by atoms with Crippen LogP contribution < -0.4 is 9.04 Å². The maximum Gasteiger partial charge on any atom is 0.330 e. The Hall–Kier alpha value is -3.29. The van der Waals surface area contributed by atoms with Crippen LogP contribution >= 0.6 is 11.3 Å². The zero-order chi connectivity index (χ0) is 28.0. The highest BCUT2D eigenvalue weighted by Crippen LogP contribution is 2.48. The monoisotopic (exact) mass is 562 g/mol. The summed E-state index contributed by atoms with van der Waals surface area (Å²) in [4.78, 5) is 35.6. The predicted octanol–water partition coefficient (Wildman–Crippen LogP) is 4.16. The summed E-state index contributed by atoms with van der Waals surface area (Å²) in [6.45, 7) is 9.19. The number of Topliss-reactive ketones (excluding diaryl/α,β-unsaturated/α-hetero) is 1. The first kappa shape index (κ1) is 27.7. The fourth-order valence-corrected chi connectivity index (χ4v) is 7.61. The number of anilines is 1. The third kappa shape index (κ3) is 4.58. The number of rotatable bonds is 9. The molecule has 0 saturated heterocycles. The van der Waals surface area contributed by atoms with Crippen LogP contribution in [0, 0.1) is 6.92 Å². The first-order valence-corrected chi connectivity index (χ1v) is 14.1. The molecule has 1 atom stereocenters. The van der Waals surface area contributed by atoms with E-state index in [9.17, 15) is 18.0 Å². The lowest BCUT2D eigenvalue weighted by atomic mass is 9.99. The molecule has 0 saturated carbocycles. The van der Waals surface area contributed by atoms with Gasteiger partial charge in [0.1, 0.15) is 34.4 Å². The molecule has 1 amide bonds. The molecule has 0 bridgehead atoms. The molecule has 0 spiro atoms. The number of thiophene rings is 1. The van der Waals surface area contributed by atoms with Crippen molar-refractivity contribution < 1.29 is 31.9 Å². The smallest absolute Gasteiger partial charge is 0.330 e. The number of pyridine rings is 1. The van der Waals surface area contributed by atoms with Crippen molar-refractivity contribution in [2.75, 3.05) is 18.0 Å². The minimum atomic E-state index is -4.55. The lowest BCUT2D eigenvalue weighted by molar-refractivity contribution is -0.124. The number of methoxy groups -OCH3 is 1. The lowest BCUT2D eigenvalue weighted by Crippen LogP contribution is -2.62. The van der Waals surface area contributed by atoms with Gasteiger partial charge < -0.3 is 13.9 Å². The molecule has 0 aromatic carbocycles. The van der Waals surface area contributed by atoms with Crippen molar-refractivity contribution in [2.24, 2.45) is 0 Å². The summed E-state index contributed by atoms with van der Waals surface area (Å²) in [6, 6.07) is 3.41. The van der Waals surface area contributed by atoms with Gasteiger partial charge in [0.25, 0.3) is 5.91 Å². The highest BCUT2D eigenvalue weighted by Gasteiger charge is 2.53. The van der Waals surface area contributed by atoms with Crippen molar-refractivity contribution >= 4 is 38.2 Å². The van der Waals surface area contributed by atoms with Crippen LogP contribution in [0.25, 0.3) is 10.8 Å². The molecule has 11 nitrogen and oxygen atoms in total. The second-order valence-corrected chi connectivity index (χ2v) is 12.3. The molecule has 0 N–H and O–H groups in total. The number of hydrogen-bond acceptors (Lipinski definition) is 10. The summed E-state index contributed by atoms with van der Waals surface area (Å²) in [5, 5.41) is 0.184. The molecule has 204 valence electrons. The topological polar surface area (TPSA) is 132 Å². The van der Waals surface area contributed by atoms with Crippen LogP contribution in [-0.4, -0.2) is 59.7 Å². The van der Waals surface area contributed by atoms with Gasteiger partial charge in [0, 0.05) is 6.20 Å². The van der Waals surface area contributed by atoms with Gasteiger partial charge in [-0.1, -0.05) is 0 Å². The number of hydrogen-bond donors (Lipinski definition) is 0. The molecule has 4 heterocycles. The SMILES string of the molecule is COc1cccnc1[C@H](CN1c2sc(-c3ncco3)c(C)c2C(=O)N(C(C)(C)C(C)=O)S1(=O)=O)OC(C)C. The zero-order valence-electron chi connectivity index (χ0n) is 22.2. The van der Waals surface area contributed by atoms with Crippen LogP contribution in [0.1, 0.15) is 62.3 Å². The van der Waals surface area contributed by atoms with Crippen LogP contribution in [-0.2, 0) is 19.7 Å². The molecular formula is C25H30N4O7S2. The van der Waals surface area contributed by atoms with Crippen molar-refractivity contribution in [1.82, 2.24) is 14.3 Å². The maximum atomic E-state index is 14.2. The number of carbonyl (C=O) groups is 2. The molecule has 38 heavy (non-hydrogen) atoms. The van der Waals surface area contributed by atoms with Crippen LogP contribution in [0.4, 0.5) is 5.00 Å². The summed E-state index contributed by atoms with van der Waals surface area (Å²) in [7, 11) is -3.06. The van der Waals surface area contributed by atoms with E-state index in [4.69, 9.17) is 13.9 Å². The Morgan fingerprint density at radius 3 is 2.53 bits per heavy atom. The fourth-order valence-electron chi connectivity index (χ4n) is 4.23. The van der Waals surface area contributed by atoms with Crippen molar-refractivity contribution in [1.29, 1.82) is 0 Å². The minimum absolute atomic E-state index is 0.156. The Balaban J connectivity index is 1.96. The molecule has 13 heteroatoms. The maximum absolute atomic E-state index is 14.2. The summed E-state index contributed by atoms with van der Waals surface area (Å²) in [5.74, 6) is -0.599. The zero-order valence-corrected chi connectivity index (χ0v) is 23.8. The summed E-state index contributed by atoms with van der Waals surface area (Å²) in [6.07, 6.45) is 3.27. The Labute approximate surface area is 225 Å². The summed E-state index contributed by atoms with van der Waals surface area (Å²) >= 11 is 1.07. The van der Waals surface area contributed by atoms with E-state index in [-0.39, 0.29) is 29.1 Å². The van der Waals surface area contributed by atoms with E-state index in [0.717, 1.165) is 15.6 Å². The van der Waals surface area contributed by atoms with E-state index in [1.807, 2.05) is 13.8 Å². The molecule has 0 unspecified atom stereocenters. The third-order valence-corrected chi connectivity index (χ3v) is 9.74. The second-order valence-electron chi connectivity index (χ2n) is 9.56. The molecule has 1 aliphatic heterocycles. The van der Waals surface area contributed by atoms with E-state index in [1.165, 1.54) is 40.3 Å². The van der Waals surface area contributed by atoms with Crippen molar-refractivity contribution in [3.8, 4) is 16.5 Å². The van der Waals surface area contributed by atoms with Crippen molar-refractivity contribution in [2.45, 2.75) is 59.3 Å². The predicted molar refractivity (Wildman–Crippen MR) is 141 cm³/mol. The molecule has 3 aromatic heterocycles. The van der Waals surface area contributed by atoms with Gasteiger partial charge in [-0.15, -0.1) is 11.3 Å². The van der Waals surface area contributed by atoms with E-state index in [2.05, 4.69) is 9.97 Å². The Morgan fingerprint density at radius 1 is 1.24 bits per heavy atom. The Morgan fingerprint density at radius 2 is 1.95 bits per heavy atom. The number of aromatic nitrogens is 2. The van der Waals surface area contributed by atoms with Gasteiger partial charge in [0.15, 0.2) is 5.78 Å². The molecule has 0 fully saturated rings. The highest BCUT2D eigenvalue weighted by molar-refractivity contribution is 7.91. The largest absolute Gasteiger partial charge is 0.495 e. The van der Waals surface area contributed by atoms with Gasteiger partial charge in [-0.05, 0) is 59.2 Å². The van der Waals surface area contributed by atoms with Crippen LogP contribution in [0.15, 0.2) is 35.2 Å². The summed E-state index contributed by atoms with van der Waals surface area (Å²) in [5.41, 5.74) is -0.599. The number of amides is 1. The first-order chi connectivity index (χ1) is 17.8. The minimum Gasteiger partial charge on any atom is -0.495 e. The molecule has 1 aliphatic rings. The van der Waals surface area contributed by atoms with Crippen molar-refractivity contribution in [3.63, 3.8) is 0 Å². The molecule has 4 rings (SSSR count). The van der Waals surface area contributed by atoms with Gasteiger partial charge in [-0.2, -0.15) is 8.42 Å². The quantitative estimate of drug-likeness (QED) is 0.377. The summed E-state index contributed by atoms with van der Waals surface area (Å²) < 4.78 is 47.2. The number of fused-ring (bicyclic) bond motifs is 1. The van der Waals surface area contributed by atoms with E-state index in [1.54, 1.807) is 25.3 Å². The number of ketones is 1. The first-order valence-electron chi connectivity index (χ1n) is 11.9. The number of ether oxygens (including phenoxy) is 2. The molecule has 3 aromatic rings. The molecule has 0 radical (unpaired) electrons. The van der Waals surface area contributed by atoms with Crippen LogP contribution in [0.2, 0.25) is 0 Å². The van der Waals surface area contributed by atoms with Gasteiger partial charge in [-0.25, -0.2) is 13.6 Å². The fraction of sp³-hybridized carbons (Fsp3) is 0.440. The normalized spacial score (nSPS) is 16.1. The van der Waals surface area contributed by atoms with Gasteiger partial charge in [0.05, 0.1) is 36.4 Å². The van der Waals surface area contributed by atoms with Crippen LogP contribution in [0.3, 0.4) is 0 Å². The van der Waals surface area contributed by atoms with E-state index in [0.29, 0.717) is 26.2 Å². The third-order valence-electron chi connectivity index (χ3n) is 6.35. The van der Waals surface area contributed by atoms with Gasteiger partial charge >= 0.3 is 10.2 Å². The van der Waals surface area contributed by atoms with E-state index >= 15 is 0 Å². The lowest BCUT2D eigenvalue weighted by Gasteiger charge is -2.43. The van der Waals surface area contributed by atoms with Crippen LogP contribution in [0.5, 0.6) is 5.75 Å². The highest BCUT2D eigenvalue weighted by atomic mass is 32.2. The van der Waals surface area contributed by atoms with Gasteiger partial charge in [-0.3, -0.25) is 14.6 Å². The Kier molecular flexibility index (Phi) is 7.38. The van der Waals surface area contributed by atoms with Crippen molar-refractivity contribution in [3.05, 3.63) is 47.6 Å². The molecule has 0 aliphatic carbocycles. The molecular weight excluding hydrogens is 532 g/mol. The van der Waals surface area contributed by atoms with E-state index < -0.39 is 33.5 Å². The number of oxazole rings is 1.